The van der Waals surface area contributed by atoms with E-state index in [1.165, 1.54) is 30.9 Å². The third-order valence-corrected chi connectivity index (χ3v) is 3.27. The second kappa shape index (κ2) is 9.00. The molecule has 0 fully saturated rings. The molecule has 0 aliphatic rings. The van der Waals surface area contributed by atoms with Crippen LogP contribution >= 0.6 is 0 Å². The van der Waals surface area contributed by atoms with E-state index in [0.29, 0.717) is 22.4 Å². The molecule has 0 atom stereocenters. The molecule has 26 heavy (non-hydrogen) atoms. The maximum Gasteiger partial charge on any atom is 0.271 e. The number of phenols is 1. The molecule has 0 spiro atoms. The molecule has 0 saturated carbocycles. The molecule has 0 aliphatic carbocycles. The van der Waals surface area contributed by atoms with Crippen LogP contribution in [0, 0.1) is 0 Å². The number of hydrazone groups is 1. The van der Waals surface area contributed by atoms with Gasteiger partial charge in [0.05, 0.1) is 13.3 Å². The van der Waals surface area contributed by atoms with E-state index >= 15 is 0 Å². The predicted molar refractivity (Wildman–Crippen MR) is 95.1 cm³/mol. The van der Waals surface area contributed by atoms with Gasteiger partial charge in [-0.15, -0.1) is 0 Å². The van der Waals surface area contributed by atoms with E-state index in [1.54, 1.807) is 36.4 Å². The van der Waals surface area contributed by atoms with Crippen LogP contribution in [0.25, 0.3) is 6.08 Å². The van der Waals surface area contributed by atoms with E-state index in [-0.39, 0.29) is 5.75 Å². The van der Waals surface area contributed by atoms with Gasteiger partial charge in [-0.05, 0) is 47.5 Å². The first kappa shape index (κ1) is 18.7. The number of nitrogens with one attached hydrogen (secondary N) is 2. The molecule has 8 nitrogen and oxygen atoms in total. The van der Waals surface area contributed by atoms with Gasteiger partial charge in [0.15, 0.2) is 11.5 Å². The number of carbonyl (C=O) groups is 2. The van der Waals surface area contributed by atoms with Crippen LogP contribution in [0.4, 0.5) is 0 Å². The fourth-order valence-corrected chi connectivity index (χ4v) is 2.00. The third kappa shape index (κ3) is 5.18. The van der Waals surface area contributed by atoms with Crippen LogP contribution < -0.4 is 15.6 Å². The van der Waals surface area contributed by atoms with Gasteiger partial charge in [-0.2, -0.15) is 5.10 Å². The number of carbonyl (C=O) groups excluding carboxylic acids is 2. The summed E-state index contributed by atoms with van der Waals surface area (Å²) in [5.74, 6) is -0.803. The lowest BCUT2D eigenvalue weighted by molar-refractivity contribution is -0.124. The molecule has 2 aromatic carbocycles. The van der Waals surface area contributed by atoms with E-state index in [9.17, 15) is 14.7 Å². The SMILES string of the molecule is COc1cc(C=NNC(=O)c2cccc(C=CC(=O)NO)c2)ccc1O. The first-order valence-corrected chi connectivity index (χ1v) is 7.46. The fourth-order valence-electron chi connectivity index (χ4n) is 2.00. The molecule has 2 rings (SSSR count). The van der Waals surface area contributed by atoms with Gasteiger partial charge in [-0.3, -0.25) is 14.8 Å². The maximum absolute atomic E-state index is 12.1. The average Bonchev–Trinajstić information content (AvgIpc) is 2.67. The van der Waals surface area contributed by atoms with Crippen LogP contribution in [-0.2, 0) is 4.79 Å². The molecule has 0 aromatic heterocycles. The van der Waals surface area contributed by atoms with Gasteiger partial charge in [0.1, 0.15) is 0 Å². The van der Waals surface area contributed by atoms with Crippen molar-refractivity contribution in [1.82, 2.24) is 10.9 Å². The van der Waals surface area contributed by atoms with E-state index in [1.807, 2.05) is 0 Å². The first-order chi connectivity index (χ1) is 12.5. The molecule has 134 valence electrons. The number of hydrogen-bond acceptors (Lipinski definition) is 6. The van der Waals surface area contributed by atoms with Crippen molar-refractivity contribution in [3.05, 3.63) is 65.2 Å². The van der Waals surface area contributed by atoms with Crippen molar-refractivity contribution >= 4 is 24.1 Å². The Morgan fingerprint density at radius 3 is 2.69 bits per heavy atom. The van der Waals surface area contributed by atoms with Crippen molar-refractivity contribution in [3.8, 4) is 11.5 Å². The predicted octanol–water partition coefficient (Wildman–Crippen LogP) is 1.68. The highest BCUT2D eigenvalue weighted by Gasteiger charge is 2.05. The van der Waals surface area contributed by atoms with Crippen molar-refractivity contribution in [1.29, 1.82) is 0 Å². The third-order valence-electron chi connectivity index (χ3n) is 3.27. The van der Waals surface area contributed by atoms with Gasteiger partial charge in [0, 0.05) is 11.6 Å². The monoisotopic (exact) mass is 355 g/mol. The minimum atomic E-state index is -0.672. The molecule has 4 N–H and O–H groups in total. The van der Waals surface area contributed by atoms with Crippen LogP contribution in [0.1, 0.15) is 21.5 Å². The molecule has 2 amide bonds. The summed E-state index contributed by atoms with van der Waals surface area (Å²) in [6.45, 7) is 0. The first-order valence-electron chi connectivity index (χ1n) is 7.46. The van der Waals surface area contributed by atoms with E-state index in [2.05, 4.69) is 10.5 Å². The summed E-state index contributed by atoms with van der Waals surface area (Å²) in [5, 5.41) is 21.8. The highest BCUT2D eigenvalue weighted by atomic mass is 16.5. The molecule has 0 unspecified atom stereocenters. The number of amides is 2. The number of nitrogens with zero attached hydrogens (tertiary/aromatic N) is 1. The van der Waals surface area contributed by atoms with E-state index in [0.717, 1.165) is 6.08 Å². The quantitative estimate of drug-likeness (QED) is 0.272. The van der Waals surface area contributed by atoms with Gasteiger partial charge in [-0.25, -0.2) is 10.9 Å². The Labute approximate surface area is 149 Å². The molecule has 0 saturated heterocycles. The standard InChI is InChI=1S/C18H17N3O5/c1-26-16-10-13(5-7-15(16)22)11-19-20-18(24)14-4-2-3-12(9-14)6-8-17(23)21-25/h2-11,22,25H,1H3,(H,20,24)(H,21,23). The van der Waals surface area contributed by atoms with Crippen LogP contribution in [0.15, 0.2) is 53.6 Å². The van der Waals surface area contributed by atoms with Crippen LogP contribution in [-0.4, -0.2) is 35.5 Å². The molecule has 0 aliphatic heterocycles. The lowest BCUT2D eigenvalue weighted by atomic mass is 10.1. The summed E-state index contributed by atoms with van der Waals surface area (Å²) in [7, 11) is 1.43. The largest absolute Gasteiger partial charge is 0.504 e. The molecule has 0 bridgehead atoms. The van der Waals surface area contributed by atoms with Crippen LogP contribution in [0.2, 0.25) is 0 Å². The van der Waals surface area contributed by atoms with Crippen molar-refractivity contribution in [2.75, 3.05) is 7.11 Å². The second-order valence-electron chi connectivity index (χ2n) is 5.07. The number of hydroxylamine groups is 1. The Balaban J connectivity index is 2.03. The van der Waals surface area contributed by atoms with Gasteiger partial charge in [0.2, 0.25) is 0 Å². The Morgan fingerprint density at radius 2 is 1.96 bits per heavy atom. The second-order valence-corrected chi connectivity index (χ2v) is 5.07. The lowest BCUT2D eigenvalue weighted by Gasteiger charge is -2.04. The van der Waals surface area contributed by atoms with E-state index in [4.69, 9.17) is 9.94 Å². The smallest absolute Gasteiger partial charge is 0.271 e. The number of aromatic hydroxyl groups is 1. The highest BCUT2D eigenvalue weighted by molar-refractivity contribution is 5.96. The Kier molecular flexibility index (Phi) is 6.47. The minimum Gasteiger partial charge on any atom is -0.504 e. The summed E-state index contributed by atoms with van der Waals surface area (Å²) in [6.07, 6.45) is 4.00. The number of rotatable bonds is 6. The summed E-state index contributed by atoms with van der Waals surface area (Å²) in [6, 6.07) is 11.2. The Morgan fingerprint density at radius 1 is 1.15 bits per heavy atom. The molecule has 0 heterocycles. The summed E-state index contributed by atoms with van der Waals surface area (Å²) < 4.78 is 4.99. The van der Waals surface area contributed by atoms with Gasteiger partial charge in [-0.1, -0.05) is 12.1 Å². The molecular weight excluding hydrogens is 338 g/mol. The van der Waals surface area contributed by atoms with Crippen molar-refractivity contribution in [2.24, 2.45) is 5.10 Å². The zero-order valence-corrected chi connectivity index (χ0v) is 13.8. The van der Waals surface area contributed by atoms with Crippen molar-refractivity contribution < 1.29 is 24.6 Å². The molecular formula is C18H17N3O5. The highest BCUT2D eigenvalue weighted by Crippen LogP contribution is 2.25. The molecule has 2 aromatic rings. The van der Waals surface area contributed by atoms with Crippen molar-refractivity contribution in [2.45, 2.75) is 0 Å². The Bertz CT molecular complexity index is 862. The zero-order chi connectivity index (χ0) is 18.9. The Hall–Kier alpha value is -3.65. The van der Waals surface area contributed by atoms with Crippen LogP contribution in [0.5, 0.6) is 11.5 Å². The average molecular weight is 355 g/mol. The number of hydrogen-bond donors (Lipinski definition) is 4. The summed E-state index contributed by atoms with van der Waals surface area (Å²) in [5.41, 5.74) is 5.45. The maximum atomic E-state index is 12.1. The fraction of sp³-hybridized carbons (Fsp3) is 0.0556. The zero-order valence-electron chi connectivity index (χ0n) is 13.8. The molecule has 8 heteroatoms. The van der Waals surface area contributed by atoms with Crippen molar-refractivity contribution in [3.63, 3.8) is 0 Å². The number of benzene rings is 2. The number of phenolic OH excluding ortho intramolecular Hbond substituents is 1. The number of ether oxygens (including phenoxy) is 1. The number of methoxy groups -OCH3 is 1. The van der Waals surface area contributed by atoms with Gasteiger partial charge in [0.25, 0.3) is 11.8 Å². The summed E-state index contributed by atoms with van der Waals surface area (Å²) >= 11 is 0. The van der Waals surface area contributed by atoms with Gasteiger partial charge >= 0.3 is 0 Å². The van der Waals surface area contributed by atoms with Crippen LogP contribution in [0.3, 0.4) is 0 Å². The molecule has 0 radical (unpaired) electrons. The minimum absolute atomic E-state index is 0.00781. The topological polar surface area (TPSA) is 120 Å². The normalized spacial score (nSPS) is 10.8. The lowest BCUT2D eigenvalue weighted by Crippen LogP contribution is -2.17. The van der Waals surface area contributed by atoms with Gasteiger partial charge < -0.3 is 9.84 Å². The van der Waals surface area contributed by atoms with E-state index < -0.39 is 11.8 Å². The summed E-state index contributed by atoms with van der Waals surface area (Å²) in [4.78, 5) is 23.1.